The van der Waals surface area contributed by atoms with Crippen LogP contribution in [0.2, 0.25) is 0 Å². The van der Waals surface area contributed by atoms with E-state index in [1.165, 1.54) is 55.7 Å². The fraction of sp³-hybridized carbons (Fsp3) is 0.167. The first-order valence-corrected chi connectivity index (χ1v) is 13.6. The molecule has 3 heteroatoms. The molecule has 0 amide bonds. The Hall–Kier alpha value is -4.08. The van der Waals surface area contributed by atoms with Gasteiger partial charge in [0.15, 0.2) is 0 Å². The van der Waals surface area contributed by atoms with Crippen LogP contribution in [0.25, 0.3) is 50.4 Å². The number of furan rings is 1. The Morgan fingerprint density at radius 2 is 1.62 bits per heavy atom. The molecule has 189 valence electrons. The van der Waals surface area contributed by atoms with Gasteiger partial charge in [-0.05, 0) is 81.9 Å². The van der Waals surface area contributed by atoms with Crippen LogP contribution in [-0.2, 0) is 5.41 Å². The summed E-state index contributed by atoms with van der Waals surface area (Å²) in [6.45, 7) is 9.12. The van der Waals surface area contributed by atoms with Crippen LogP contribution < -0.4 is 5.46 Å². The molecular formula is C36H30BO2. The van der Waals surface area contributed by atoms with E-state index in [0.29, 0.717) is 5.46 Å². The van der Waals surface area contributed by atoms with E-state index in [-0.39, 0.29) is 5.41 Å². The van der Waals surface area contributed by atoms with Gasteiger partial charge in [-0.1, -0.05) is 98.8 Å². The van der Waals surface area contributed by atoms with Crippen molar-refractivity contribution in [1.82, 2.24) is 0 Å². The lowest BCUT2D eigenvalue weighted by atomic mass is 9.80. The van der Waals surface area contributed by atoms with Crippen molar-refractivity contribution >= 4 is 41.1 Å². The fourth-order valence-corrected chi connectivity index (χ4v) is 6.72. The summed E-state index contributed by atoms with van der Waals surface area (Å²) in [6.07, 6.45) is 5.17. The topological polar surface area (TPSA) is 33.4 Å². The van der Waals surface area contributed by atoms with Crippen molar-refractivity contribution in [2.24, 2.45) is 0 Å². The maximum atomic E-state index is 9.78. The van der Waals surface area contributed by atoms with Gasteiger partial charge in [0.2, 0.25) is 0 Å². The summed E-state index contributed by atoms with van der Waals surface area (Å²) < 4.78 is 6.46. The van der Waals surface area contributed by atoms with E-state index in [1.54, 1.807) is 0 Å². The molecule has 2 aliphatic carbocycles. The Labute approximate surface area is 230 Å². The zero-order chi connectivity index (χ0) is 26.9. The van der Waals surface area contributed by atoms with Gasteiger partial charge < -0.3 is 9.44 Å². The molecule has 1 aromatic heterocycles. The smallest absolute Gasteiger partial charge is 0.330 e. The van der Waals surface area contributed by atoms with Gasteiger partial charge >= 0.3 is 7.48 Å². The second-order valence-corrected chi connectivity index (χ2v) is 11.3. The fourth-order valence-electron chi connectivity index (χ4n) is 6.72. The molecule has 1 radical (unpaired) electrons. The molecule has 0 atom stereocenters. The maximum Gasteiger partial charge on any atom is 0.330 e. The molecule has 2 nitrogen and oxygen atoms in total. The first-order chi connectivity index (χ1) is 18.9. The lowest BCUT2D eigenvalue weighted by molar-refractivity contribution is 0.593. The molecule has 0 saturated heterocycles. The zero-order valence-corrected chi connectivity index (χ0v) is 22.8. The lowest BCUT2D eigenvalue weighted by Gasteiger charge is -2.23. The Morgan fingerprint density at radius 3 is 2.44 bits per heavy atom. The molecule has 2 aliphatic rings. The normalized spacial score (nSPS) is 16.1. The van der Waals surface area contributed by atoms with Crippen molar-refractivity contribution in [2.45, 2.75) is 39.5 Å². The third-order valence-corrected chi connectivity index (χ3v) is 8.81. The second-order valence-electron chi connectivity index (χ2n) is 11.3. The average Bonchev–Trinajstić information content (AvgIpc) is 3.45. The number of hydrogen-bond donors (Lipinski definition) is 1. The molecule has 0 fully saturated rings. The molecule has 0 unspecified atom stereocenters. The van der Waals surface area contributed by atoms with E-state index in [0.717, 1.165) is 36.2 Å². The summed E-state index contributed by atoms with van der Waals surface area (Å²) in [6, 6.07) is 28.3. The van der Waals surface area contributed by atoms with Crippen LogP contribution in [0.5, 0.6) is 0 Å². The number of rotatable bonds is 3. The first-order valence-electron chi connectivity index (χ1n) is 13.6. The minimum Gasteiger partial charge on any atom is -0.456 e. The van der Waals surface area contributed by atoms with Gasteiger partial charge in [0.1, 0.15) is 11.3 Å². The van der Waals surface area contributed by atoms with Gasteiger partial charge in [-0.2, -0.15) is 0 Å². The van der Waals surface area contributed by atoms with E-state index in [9.17, 15) is 5.02 Å². The summed E-state index contributed by atoms with van der Waals surface area (Å²) in [7, 11) is 1.13. The molecular weight excluding hydrogens is 475 g/mol. The molecule has 0 saturated carbocycles. The van der Waals surface area contributed by atoms with Gasteiger partial charge in [0.05, 0.1) is 0 Å². The third kappa shape index (κ3) is 3.46. The van der Waals surface area contributed by atoms with Gasteiger partial charge in [-0.25, -0.2) is 0 Å². The summed E-state index contributed by atoms with van der Waals surface area (Å²) in [5, 5.41) is 10.8. The zero-order valence-electron chi connectivity index (χ0n) is 22.8. The highest BCUT2D eigenvalue weighted by molar-refractivity contribution is 6.49. The molecule has 1 N–H and O–H groups in total. The summed E-state index contributed by atoms with van der Waals surface area (Å²) in [5.41, 5.74) is 15.4. The van der Waals surface area contributed by atoms with E-state index in [4.69, 9.17) is 4.42 Å². The van der Waals surface area contributed by atoms with Crippen LogP contribution >= 0.6 is 0 Å². The van der Waals surface area contributed by atoms with Crippen molar-refractivity contribution in [3.05, 3.63) is 119 Å². The van der Waals surface area contributed by atoms with Gasteiger partial charge in [0.25, 0.3) is 0 Å². The molecule has 39 heavy (non-hydrogen) atoms. The number of benzene rings is 4. The minimum atomic E-state index is -0.0103. The highest BCUT2D eigenvalue weighted by Gasteiger charge is 2.36. The molecule has 0 spiro atoms. The Morgan fingerprint density at radius 1 is 0.846 bits per heavy atom. The van der Waals surface area contributed by atoms with Gasteiger partial charge in [-0.15, -0.1) is 0 Å². The third-order valence-electron chi connectivity index (χ3n) is 8.81. The molecule has 0 bridgehead atoms. The van der Waals surface area contributed by atoms with Crippen molar-refractivity contribution in [3.63, 3.8) is 0 Å². The Bertz CT molecular complexity index is 1870. The van der Waals surface area contributed by atoms with E-state index in [1.807, 2.05) is 12.1 Å². The van der Waals surface area contributed by atoms with Crippen molar-refractivity contribution < 1.29 is 9.44 Å². The quantitative estimate of drug-likeness (QED) is 0.250. The number of para-hydroxylation sites is 1. The van der Waals surface area contributed by atoms with Crippen LogP contribution in [0.1, 0.15) is 60.8 Å². The van der Waals surface area contributed by atoms with E-state index >= 15 is 0 Å². The molecule has 4 aromatic carbocycles. The van der Waals surface area contributed by atoms with Crippen LogP contribution in [-0.4, -0.2) is 12.5 Å². The Balaban J connectivity index is 1.43. The molecule has 0 aliphatic heterocycles. The number of fused-ring (bicyclic) bond motifs is 6. The molecule has 1 heterocycles. The lowest BCUT2D eigenvalue weighted by Crippen LogP contribution is -2.15. The van der Waals surface area contributed by atoms with Crippen molar-refractivity contribution in [1.29, 1.82) is 0 Å². The molecule has 7 rings (SSSR count). The predicted molar refractivity (Wildman–Crippen MR) is 164 cm³/mol. The maximum absolute atomic E-state index is 9.78. The van der Waals surface area contributed by atoms with Crippen LogP contribution in [0.3, 0.4) is 0 Å². The monoisotopic (exact) mass is 505 g/mol. The van der Waals surface area contributed by atoms with E-state index < -0.39 is 0 Å². The molecule has 5 aromatic rings. The SMILES string of the molecule is CC(=C1CC=Cc2c1oc1c([B]O)cccc21)c1ccccc1-c1cc2c(cc1C)C(C)(C)c1ccccc1-2. The number of hydrogen-bond acceptors (Lipinski definition) is 2. The summed E-state index contributed by atoms with van der Waals surface area (Å²) in [5.74, 6) is 0.899. The van der Waals surface area contributed by atoms with Crippen molar-refractivity contribution in [3.8, 4) is 22.3 Å². The first kappa shape index (κ1) is 24.0. The summed E-state index contributed by atoms with van der Waals surface area (Å²) in [4.78, 5) is 0. The predicted octanol–water partition coefficient (Wildman–Crippen LogP) is 8.30. The summed E-state index contributed by atoms with van der Waals surface area (Å²) >= 11 is 0. The van der Waals surface area contributed by atoms with E-state index in [2.05, 4.69) is 107 Å². The second kappa shape index (κ2) is 8.72. The highest BCUT2D eigenvalue weighted by Crippen LogP contribution is 2.51. The largest absolute Gasteiger partial charge is 0.456 e. The Kier molecular flexibility index (Phi) is 5.37. The van der Waals surface area contributed by atoms with Crippen LogP contribution in [0.15, 0.2) is 89.4 Å². The van der Waals surface area contributed by atoms with Crippen molar-refractivity contribution in [2.75, 3.05) is 0 Å². The van der Waals surface area contributed by atoms with Crippen LogP contribution in [0.4, 0.5) is 0 Å². The highest BCUT2D eigenvalue weighted by atomic mass is 16.3. The van der Waals surface area contributed by atoms with Crippen LogP contribution in [0, 0.1) is 6.92 Å². The number of allylic oxidation sites excluding steroid dienone is 3. The van der Waals surface area contributed by atoms with Gasteiger partial charge in [-0.3, -0.25) is 0 Å². The standard InChI is InChI=1S/C36H30BO2/c1-21-19-32-30(26-13-7-8-17-31(26)36(32,3)4)20-29(21)25-12-6-5-11-23(25)22(2)24-14-9-15-27-28-16-10-18-33(37-38)35(28)39-34(24)27/h5-13,15-20,38H,14H2,1-4H3. The average molecular weight is 505 g/mol. The number of aryl methyl sites for hydroxylation is 1. The van der Waals surface area contributed by atoms with Gasteiger partial charge in [0, 0.05) is 21.9 Å². The minimum absolute atomic E-state index is 0.0103.